The maximum Gasteiger partial charge on any atom is 0.230 e. The van der Waals surface area contributed by atoms with Gasteiger partial charge in [-0.2, -0.15) is 0 Å². The summed E-state index contributed by atoms with van der Waals surface area (Å²) < 4.78 is 5.54. The first-order valence-corrected chi connectivity index (χ1v) is 10.9. The van der Waals surface area contributed by atoms with Gasteiger partial charge in [0.25, 0.3) is 0 Å². The van der Waals surface area contributed by atoms with Crippen molar-refractivity contribution < 1.29 is 9.53 Å². The minimum atomic E-state index is 0.140. The fourth-order valence-corrected chi connectivity index (χ4v) is 5.13. The molecule has 0 unspecified atom stereocenters. The number of morpholine rings is 1. The van der Waals surface area contributed by atoms with Crippen LogP contribution in [-0.2, 0) is 9.53 Å². The van der Waals surface area contributed by atoms with Crippen molar-refractivity contribution in [3.8, 4) is 0 Å². The van der Waals surface area contributed by atoms with Crippen LogP contribution >= 0.6 is 11.8 Å². The van der Waals surface area contributed by atoms with Gasteiger partial charge in [-0.15, -0.1) is 11.8 Å². The minimum absolute atomic E-state index is 0.140. The van der Waals surface area contributed by atoms with Gasteiger partial charge in [0.05, 0.1) is 19.0 Å². The van der Waals surface area contributed by atoms with E-state index in [1.807, 2.05) is 0 Å². The van der Waals surface area contributed by atoms with Crippen molar-refractivity contribution >= 4 is 17.7 Å². The molecule has 1 aromatic rings. The van der Waals surface area contributed by atoms with E-state index >= 15 is 0 Å². The summed E-state index contributed by atoms with van der Waals surface area (Å²) in [6.45, 7) is 8.60. The molecule has 1 saturated carbocycles. The highest BCUT2D eigenvalue weighted by Crippen LogP contribution is 2.34. The molecule has 0 radical (unpaired) electrons. The van der Waals surface area contributed by atoms with Gasteiger partial charge in [-0.05, 0) is 38.3 Å². The Morgan fingerprint density at radius 2 is 1.92 bits per heavy atom. The zero-order valence-corrected chi connectivity index (χ0v) is 17.0. The predicted octanol–water partition coefficient (Wildman–Crippen LogP) is 3.55. The molecule has 1 saturated heterocycles. The molecule has 5 heteroatoms. The van der Waals surface area contributed by atoms with Gasteiger partial charge in [0.2, 0.25) is 5.91 Å². The average Bonchev–Trinajstić information content (AvgIpc) is 2.68. The van der Waals surface area contributed by atoms with Gasteiger partial charge in [0.1, 0.15) is 0 Å². The van der Waals surface area contributed by atoms with E-state index in [2.05, 4.69) is 42.3 Å². The molecule has 0 aromatic heterocycles. The number of carbonyl (C=O) groups excluding carboxylic acids is 1. The van der Waals surface area contributed by atoms with E-state index in [4.69, 9.17) is 4.74 Å². The van der Waals surface area contributed by atoms with E-state index in [0.717, 1.165) is 32.8 Å². The molecule has 0 spiro atoms. The van der Waals surface area contributed by atoms with Gasteiger partial charge < -0.3 is 10.1 Å². The summed E-state index contributed by atoms with van der Waals surface area (Å²) in [5.74, 6) is 0.637. The zero-order chi connectivity index (χ0) is 18.4. The molecule has 1 aliphatic carbocycles. The Hall–Kier alpha value is -1.04. The molecule has 144 valence electrons. The lowest BCUT2D eigenvalue weighted by molar-refractivity contribution is -0.119. The molecule has 1 aliphatic heterocycles. The molecule has 4 nitrogen and oxygen atoms in total. The fourth-order valence-electron chi connectivity index (χ4n) is 4.17. The third-order valence-corrected chi connectivity index (χ3v) is 6.94. The smallest absolute Gasteiger partial charge is 0.230 e. The van der Waals surface area contributed by atoms with Crippen LogP contribution in [0.3, 0.4) is 0 Å². The Bertz CT molecular complexity index is 608. The number of hydrogen-bond acceptors (Lipinski definition) is 4. The summed E-state index contributed by atoms with van der Waals surface area (Å²) in [5, 5.41) is 3.25. The lowest BCUT2D eigenvalue weighted by Gasteiger charge is -2.48. The highest BCUT2D eigenvalue weighted by Gasteiger charge is 2.38. The summed E-state index contributed by atoms with van der Waals surface area (Å²) >= 11 is 1.64. The van der Waals surface area contributed by atoms with E-state index in [0.29, 0.717) is 5.75 Å². The zero-order valence-electron chi connectivity index (χ0n) is 16.2. The van der Waals surface area contributed by atoms with Crippen molar-refractivity contribution in [2.24, 2.45) is 0 Å². The summed E-state index contributed by atoms with van der Waals surface area (Å²) in [4.78, 5) is 16.3. The molecule has 1 aromatic carbocycles. The summed E-state index contributed by atoms with van der Waals surface area (Å²) in [6, 6.07) is 6.42. The Kier molecular flexibility index (Phi) is 7.01. The third-order valence-electron chi connectivity index (χ3n) is 5.78. The molecule has 2 fully saturated rings. The van der Waals surface area contributed by atoms with Gasteiger partial charge in [-0.1, -0.05) is 37.0 Å². The van der Waals surface area contributed by atoms with Crippen molar-refractivity contribution in [2.75, 3.05) is 38.6 Å². The minimum Gasteiger partial charge on any atom is -0.379 e. The molecule has 1 N–H and O–H groups in total. The van der Waals surface area contributed by atoms with E-state index in [1.54, 1.807) is 11.8 Å². The van der Waals surface area contributed by atoms with Crippen LogP contribution < -0.4 is 5.32 Å². The second-order valence-corrected chi connectivity index (χ2v) is 8.74. The molecular formula is C21H32N2O2S. The van der Waals surface area contributed by atoms with E-state index in [9.17, 15) is 4.79 Å². The number of benzene rings is 1. The second kappa shape index (κ2) is 9.25. The normalized spacial score (nSPS) is 20.7. The Balaban J connectivity index is 1.54. The molecule has 0 atom stereocenters. The predicted molar refractivity (Wildman–Crippen MR) is 108 cm³/mol. The van der Waals surface area contributed by atoms with Gasteiger partial charge in [-0.25, -0.2) is 0 Å². The standard InChI is InChI=1S/C21H32N2O2S/c1-17-6-7-18(2)19(14-17)26-15-20(24)22-16-21(8-4-3-5-9-21)23-10-12-25-13-11-23/h6-7,14H,3-5,8-13,15-16H2,1-2H3,(H,22,24). The van der Waals surface area contributed by atoms with Crippen LogP contribution in [0.1, 0.15) is 43.2 Å². The number of carbonyl (C=O) groups is 1. The third kappa shape index (κ3) is 5.02. The fraction of sp³-hybridized carbons (Fsp3) is 0.667. The molecule has 1 amide bonds. The Labute approximate surface area is 162 Å². The Morgan fingerprint density at radius 3 is 2.65 bits per heavy atom. The summed E-state index contributed by atoms with van der Waals surface area (Å²) in [6.07, 6.45) is 6.24. The van der Waals surface area contributed by atoms with Crippen LogP contribution in [0, 0.1) is 13.8 Å². The van der Waals surface area contributed by atoms with Crippen molar-refractivity contribution in [1.29, 1.82) is 0 Å². The van der Waals surface area contributed by atoms with Crippen molar-refractivity contribution in [3.63, 3.8) is 0 Å². The highest BCUT2D eigenvalue weighted by molar-refractivity contribution is 8.00. The van der Waals surface area contributed by atoms with E-state index in [1.165, 1.54) is 48.1 Å². The maximum absolute atomic E-state index is 12.5. The van der Waals surface area contributed by atoms with E-state index < -0.39 is 0 Å². The number of amides is 1. The largest absolute Gasteiger partial charge is 0.379 e. The van der Waals surface area contributed by atoms with Crippen LogP contribution in [0.2, 0.25) is 0 Å². The number of nitrogens with one attached hydrogen (secondary N) is 1. The molecule has 0 bridgehead atoms. The molecular weight excluding hydrogens is 344 g/mol. The monoisotopic (exact) mass is 376 g/mol. The van der Waals surface area contributed by atoms with Crippen molar-refractivity contribution in [1.82, 2.24) is 10.2 Å². The maximum atomic E-state index is 12.5. The number of aryl methyl sites for hydroxylation is 2. The Morgan fingerprint density at radius 1 is 1.19 bits per heavy atom. The first-order chi connectivity index (χ1) is 12.6. The average molecular weight is 377 g/mol. The van der Waals surface area contributed by atoms with Crippen LogP contribution in [0.4, 0.5) is 0 Å². The first-order valence-electron chi connectivity index (χ1n) is 9.89. The number of hydrogen-bond donors (Lipinski definition) is 1. The van der Waals surface area contributed by atoms with Crippen LogP contribution in [0.15, 0.2) is 23.1 Å². The number of rotatable bonds is 6. The molecule has 26 heavy (non-hydrogen) atoms. The van der Waals surface area contributed by atoms with Crippen LogP contribution in [-0.4, -0.2) is 54.9 Å². The highest BCUT2D eigenvalue weighted by atomic mass is 32.2. The summed E-state index contributed by atoms with van der Waals surface area (Å²) in [5.41, 5.74) is 2.62. The molecule has 1 heterocycles. The van der Waals surface area contributed by atoms with Gasteiger partial charge in [0, 0.05) is 30.1 Å². The molecule has 3 rings (SSSR count). The van der Waals surface area contributed by atoms with Crippen molar-refractivity contribution in [3.05, 3.63) is 29.3 Å². The number of nitrogens with zero attached hydrogens (tertiary/aromatic N) is 1. The quantitative estimate of drug-likeness (QED) is 0.771. The van der Waals surface area contributed by atoms with Gasteiger partial charge >= 0.3 is 0 Å². The van der Waals surface area contributed by atoms with E-state index in [-0.39, 0.29) is 11.4 Å². The lowest BCUT2D eigenvalue weighted by atomic mass is 9.79. The first kappa shape index (κ1) is 19.7. The number of ether oxygens (including phenoxy) is 1. The topological polar surface area (TPSA) is 41.6 Å². The van der Waals surface area contributed by atoms with Crippen LogP contribution in [0.25, 0.3) is 0 Å². The van der Waals surface area contributed by atoms with Crippen molar-refractivity contribution in [2.45, 2.75) is 56.4 Å². The summed E-state index contributed by atoms with van der Waals surface area (Å²) in [7, 11) is 0. The van der Waals surface area contributed by atoms with Gasteiger partial charge in [0.15, 0.2) is 0 Å². The second-order valence-electron chi connectivity index (χ2n) is 7.72. The van der Waals surface area contributed by atoms with Gasteiger partial charge in [-0.3, -0.25) is 9.69 Å². The number of thioether (sulfide) groups is 1. The SMILES string of the molecule is Cc1ccc(C)c(SCC(=O)NCC2(N3CCOCC3)CCCCC2)c1. The van der Waals surface area contributed by atoms with Crippen LogP contribution in [0.5, 0.6) is 0 Å². The lowest BCUT2D eigenvalue weighted by Crippen LogP contribution is -2.59. The molecule has 2 aliphatic rings.